The molecular formula is C14H18N4O2. The number of carbonyl (C=O) groups excluding carboxylic acids is 1. The molecule has 2 aromatic rings. The van der Waals surface area contributed by atoms with E-state index in [2.05, 4.69) is 15.7 Å². The molecule has 0 unspecified atom stereocenters. The van der Waals surface area contributed by atoms with Crippen molar-refractivity contribution in [3.05, 3.63) is 42.7 Å². The minimum absolute atomic E-state index is 0.0735. The first-order valence-electron chi connectivity index (χ1n) is 6.40. The van der Waals surface area contributed by atoms with Gasteiger partial charge >= 0.3 is 0 Å². The van der Waals surface area contributed by atoms with Gasteiger partial charge in [0.25, 0.3) is 0 Å². The summed E-state index contributed by atoms with van der Waals surface area (Å²) in [4.78, 5) is 11.7. The Kier molecular flexibility index (Phi) is 5.14. The Hall–Kier alpha value is -2.34. The van der Waals surface area contributed by atoms with Crippen LogP contribution in [0.4, 0.5) is 5.69 Å². The van der Waals surface area contributed by atoms with Crippen LogP contribution in [-0.2, 0) is 11.3 Å². The fraction of sp³-hybridized carbons (Fsp3) is 0.286. The van der Waals surface area contributed by atoms with Crippen molar-refractivity contribution in [2.24, 2.45) is 0 Å². The number of amides is 1. The van der Waals surface area contributed by atoms with E-state index in [4.69, 9.17) is 4.74 Å². The lowest BCUT2D eigenvalue weighted by molar-refractivity contribution is -0.115. The lowest BCUT2D eigenvalue weighted by atomic mass is 10.3. The highest BCUT2D eigenvalue weighted by Crippen LogP contribution is 2.14. The predicted molar refractivity (Wildman–Crippen MR) is 76.7 cm³/mol. The number of aromatic nitrogens is 2. The second kappa shape index (κ2) is 7.30. The number of hydrogen-bond donors (Lipinski definition) is 2. The monoisotopic (exact) mass is 274 g/mol. The van der Waals surface area contributed by atoms with Gasteiger partial charge in [-0.3, -0.25) is 9.48 Å². The quantitative estimate of drug-likeness (QED) is 0.742. The topological polar surface area (TPSA) is 68.2 Å². The van der Waals surface area contributed by atoms with Crippen LogP contribution in [0.5, 0.6) is 5.75 Å². The van der Waals surface area contributed by atoms with E-state index in [9.17, 15) is 4.79 Å². The van der Waals surface area contributed by atoms with E-state index in [1.54, 1.807) is 37.6 Å². The zero-order valence-electron chi connectivity index (χ0n) is 11.4. The maximum Gasteiger partial charge on any atom is 0.238 e. The molecule has 0 saturated carbocycles. The SMILES string of the molecule is COc1ccc(NC(=O)CNCCn2cccn2)cc1. The Balaban J connectivity index is 1.66. The van der Waals surface area contributed by atoms with Crippen molar-refractivity contribution in [1.29, 1.82) is 0 Å². The molecule has 0 aliphatic heterocycles. The molecule has 6 nitrogen and oxygen atoms in total. The number of anilines is 1. The minimum Gasteiger partial charge on any atom is -0.497 e. The molecule has 106 valence electrons. The Morgan fingerprint density at radius 3 is 2.80 bits per heavy atom. The normalized spacial score (nSPS) is 10.2. The highest BCUT2D eigenvalue weighted by atomic mass is 16.5. The fourth-order valence-electron chi connectivity index (χ4n) is 1.71. The number of carbonyl (C=O) groups is 1. The van der Waals surface area contributed by atoms with E-state index in [1.807, 2.05) is 16.9 Å². The van der Waals surface area contributed by atoms with Crippen LogP contribution in [0.3, 0.4) is 0 Å². The van der Waals surface area contributed by atoms with E-state index in [0.717, 1.165) is 18.0 Å². The predicted octanol–water partition coefficient (Wildman–Crippen LogP) is 1.12. The first kappa shape index (κ1) is 14.1. The molecular weight excluding hydrogens is 256 g/mol. The van der Waals surface area contributed by atoms with Gasteiger partial charge in [0.05, 0.1) is 20.2 Å². The van der Waals surface area contributed by atoms with Gasteiger partial charge in [0.1, 0.15) is 5.75 Å². The second-order valence-electron chi connectivity index (χ2n) is 4.22. The largest absolute Gasteiger partial charge is 0.497 e. The maximum absolute atomic E-state index is 11.7. The average Bonchev–Trinajstić information content (AvgIpc) is 2.98. The molecule has 20 heavy (non-hydrogen) atoms. The molecule has 1 amide bonds. The third-order valence-corrected chi connectivity index (χ3v) is 2.74. The Labute approximate surface area is 117 Å². The molecule has 0 aliphatic carbocycles. The highest BCUT2D eigenvalue weighted by molar-refractivity contribution is 5.92. The third-order valence-electron chi connectivity index (χ3n) is 2.74. The molecule has 0 atom stereocenters. The standard InChI is InChI=1S/C14H18N4O2/c1-20-13-5-3-12(4-6-13)17-14(19)11-15-8-10-18-9-2-7-16-18/h2-7,9,15H,8,10-11H2,1H3,(H,17,19). The molecule has 0 spiro atoms. The van der Waals surface area contributed by atoms with Crippen LogP contribution in [-0.4, -0.2) is 35.9 Å². The van der Waals surface area contributed by atoms with Crippen molar-refractivity contribution in [3.63, 3.8) is 0 Å². The van der Waals surface area contributed by atoms with Crippen LogP contribution in [0.25, 0.3) is 0 Å². The smallest absolute Gasteiger partial charge is 0.238 e. The maximum atomic E-state index is 11.7. The summed E-state index contributed by atoms with van der Waals surface area (Å²) in [5, 5.41) is 9.96. The van der Waals surface area contributed by atoms with Crippen LogP contribution in [0, 0.1) is 0 Å². The molecule has 0 bridgehead atoms. The van der Waals surface area contributed by atoms with Crippen molar-refractivity contribution in [1.82, 2.24) is 15.1 Å². The summed E-state index contributed by atoms with van der Waals surface area (Å²) in [5.41, 5.74) is 0.754. The van der Waals surface area contributed by atoms with Gasteiger partial charge in [-0.05, 0) is 30.3 Å². The van der Waals surface area contributed by atoms with Gasteiger partial charge < -0.3 is 15.4 Å². The summed E-state index contributed by atoms with van der Waals surface area (Å²) in [6, 6.07) is 9.10. The zero-order chi connectivity index (χ0) is 14.2. The Morgan fingerprint density at radius 2 is 2.15 bits per heavy atom. The summed E-state index contributed by atoms with van der Waals surface area (Å²) in [5.74, 6) is 0.691. The van der Waals surface area contributed by atoms with Crippen LogP contribution in [0.15, 0.2) is 42.7 Å². The summed E-state index contributed by atoms with van der Waals surface area (Å²) < 4.78 is 6.87. The molecule has 0 aliphatic rings. The summed E-state index contributed by atoms with van der Waals surface area (Å²) in [6.07, 6.45) is 3.62. The lowest BCUT2D eigenvalue weighted by Crippen LogP contribution is -2.30. The van der Waals surface area contributed by atoms with E-state index in [0.29, 0.717) is 6.54 Å². The molecule has 0 saturated heterocycles. The van der Waals surface area contributed by atoms with Gasteiger partial charge in [0.2, 0.25) is 5.91 Å². The molecule has 6 heteroatoms. The zero-order valence-corrected chi connectivity index (χ0v) is 11.4. The number of nitrogens with one attached hydrogen (secondary N) is 2. The van der Waals surface area contributed by atoms with Gasteiger partial charge in [0, 0.05) is 24.6 Å². The van der Waals surface area contributed by atoms with Crippen molar-refractivity contribution in [2.45, 2.75) is 6.54 Å². The average molecular weight is 274 g/mol. The molecule has 1 aromatic heterocycles. The highest BCUT2D eigenvalue weighted by Gasteiger charge is 2.02. The number of ether oxygens (including phenoxy) is 1. The van der Waals surface area contributed by atoms with Crippen molar-refractivity contribution >= 4 is 11.6 Å². The minimum atomic E-state index is -0.0735. The van der Waals surface area contributed by atoms with E-state index >= 15 is 0 Å². The number of methoxy groups -OCH3 is 1. The summed E-state index contributed by atoms with van der Waals surface area (Å²) in [7, 11) is 1.61. The second-order valence-corrected chi connectivity index (χ2v) is 4.22. The van der Waals surface area contributed by atoms with E-state index in [-0.39, 0.29) is 12.5 Å². The van der Waals surface area contributed by atoms with Gasteiger partial charge in [-0.2, -0.15) is 5.10 Å². The first-order chi connectivity index (χ1) is 9.78. The van der Waals surface area contributed by atoms with Crippen molar-refractivity contribution in [3.8, 4) is 5.75 Å². The van der Waals surface area contributed by atoms with Crippen LogP contribution in [0.1, 0.15) is 0 Å². The Bertz CT molecular complexity index is 523. The number of nitrogens with zero attached hydrogens (tertiary/aromatic N) is 2. The molecule has 0 radical (unpaired) electrons. The van der Waals surface area contributed by atoms with Gasteiger partial charge in [-0.1, -0.05) is 0 Å². The van der Waals surface area contributed by atoms with E-state index in [1.165, 1.54) is 0 Å². The first-order valence-corrected chi connectivity index (χ1v) is 6.40. The lowest BCUT2D eigenvalue weighted by Gasteiger charge is -2.07. The van der Waals surface area contributed by atoms with E-state index < -0.39 is 0 Å². The third kappa shape index (κ3) is 4.40. The summed E-state index contributed by atoms with van der Waals surface area (Å²) >= 11 is 0. The van der Waals surface area contributed by atoms with Crippen LogP contribution >= 0.6 is 0 Å². The molecule has 2 N–H and O–H groups in total. The number of hydrogen-bond acceptors (Lipinski definition) is 4. The van der Waals surface area contributed by atoms with Gasteiger partial charge in [0.15, 0.2) is 0 Å². The molecule has 1 heterocycles. The summed E-state index contributed by atoms with van der Waals surface area (Å²) in [6.45, 7) is 1.70. The number of rotatable bonds is 7. The van der Waals surface area contributed by atoms with Crippen molar-refractivity contribution < 1.29 is 9.53 Å². The van der Waals surface area contributed by atoms with Gasteiger partial charge in [-0.25, -0.2) is 0 Å². The van der Waals surface area contributed by atoms with Crippen molar-refractivity contribution in [2.75, 3.05) is 25.5 Å². The molecule has 2 rings (SSSR count). The fourth-order valence-corrected chi connectivity index (χ4v) is 1.71. The Morgan fingerprint density at radius 1 is 1.35 bits per heavy atom. The molecule has 0 fully saturated rings. The van der Waals surface area contributed by atoms with Crippen LogP contribution < -0.4 is 15.4 Å². The number of benzene rings is 1. The molecule has 1 aromatic carbocycles. The van der Waals surface area contributed by atoms with Gasteiger partial charge in [-0.15, -0.1) is 0 Å². The van der Waals surface area contributed by atoms with Crippen LogP contribution in [0.2, 0.25) is 0 Å².